The number of nitrogens with zero attached hydrogens (tertiary/aromatic N) is 2. The van der Waals surface area contributed by atoms with Gasteiger partial charge < -0.3 is 14.8 Å². The summed E-state index contributed by atoms with van der Waals surface area (Å²) in [5, 5.41) is 12.7. The molecule has 0 aliphatic carbocycles. The van der Waals surface area contributed by atoms with Crippen LogP contribution in [-0.2, 0) is 12.0 Å². The van der Waals surface area contributed by atoms with Crippen molar-refractivity contribution < 1.29 is 9.47 Å². The van der Waals surface area contributed by atoms with E-state index in [9.17, 15) is 0 Å². The Morgan fingerprint density at radius 2 is 2.00 bits per heavy atom. The van der Waals surface area contributed by atoms with Crippen molar-refractivity contribution in [2.24, 2.45) is 0 Å². The van der Waals surface area contributed by atoms with E-state index in [1.807, 2.05) is 25.2 Å². The lowest BCUT2D eigenvalue weighted by molar-refractivity contribution is 0.295. The third-order valence-electron chi connectivity index (χ3n) is 3.03. The minimum Gasteiger partial charge on any atom is -0.497 e. The zero-order valence-corrected chi connectivity index (χ0v) is 13.9. The van der Waals surface area contributed by atoms with Gasteiger partial charge in [-0.05, 0) is 23.6 Å². The third-order valence-corrected chi connectivity index (χ3v) is 3.94. The van der Waals surface area contributed by atoms with Crippen LogP contribution in [0.1, 0.15) is 31.3 Å². The van der Waals surface area contributed by atoms with Crippen LogP contribution in [0.4, 0.5) is 5.13 Å². The van der Waals surface area contributed by atoms with Crippen LogP contribution in [0.5, 0.6) is 11.5 Å². The molecule has 1 aromatic heterocycles. The number of methoxy groups -OCH3 is 1. The van der Waals surface area contributed by atoms with Gasteiger partial charge in [-0.15, -0.1) is 10.2 Å². The van der Waals surface area contributed by atoms with E-state index < -0.39 is 0 Å². The molecule has 0 saturated carbocycles. The van der Waals surface area contributed by atoms with Crippen LogP contribution in [-0.4, -0.2) is 24.4 Å². The summed E-state index contributed by atoms with van der Waals surface area (Å²) in [7, 11) is 3.50. The molecule has 0 unspecified atom stereocenters. The molecule has 114 valence electrons. The van der Waals surface area contributed by atoms with Crippen molar-refractivity contribution >= 4 is 16.5 Å². The number of rotatable bonds is 5. The fourth-order valence-corrected chi connectivity index (χ4v) is 2.51. The Morgan fingerprint density at radius 1 is 1.24 bits per heavy atom. The fourth-order valence-electron chi connectivity index (χ4n) is 1.90. The van der Waals surface area contributed by atoms with E-state index in [2.05, 4.69) is 36.3 Å². The topological polar surface area (TPSA) is 56.3 Å². The van der Waals surface area contributed by atoms with Gasteiger partial charge in [-0.3, -0.25) is 0 Å². The standard InChI is InChI=1S/C15H21N3O2S/c1-15(2,3)11-8-10(19-5)6-7-12(11)20-9-13-17-18-14(16-4)21-13/h6-8H,9H2,1-5H3,(H,16,18). The van der Waals surface area contributed by atoms with E-state index in [-0.39, 0.29) is 5.41 Å². The molecule has 6 heteroatoms. The predicted molar refractivity (Wildman–Crippen MR) is 85.5 cm³/mol. The van der Waals surface area contributed by atoms with Gasteiger partial charge in [0.15, 0.2) is 5.01 Å². The van der Waals surface area contributed by atoms with E-state index in [1.165, 1.54) is 11.3 Å². The molecule has 0 aliphatic rings. The van der Waals surface area contributed by atoms with Crippen molar-refractivity contribution in [3.8, 4) is 11.5 Å². The molecule has 21 heavy (non-hydrogen) atoms. The molecule has 2 rings (SSSR count). The van der Waals surface area contributed by atoms with Gasteiger partial charge in [0, 0.05) is 12.6 Å². The SMILES string of the molecule is CNc1nnc(COc2ccc(OC)cc2C(C)(C)C)s1. The average Bonchev–Trinajstić information content (AvgIpc) is 2.92. The van der Waals surface area contributed by atoms with Crippen LogP contribution < -0.4 is 14.8 Å². The maximum atomic E-state index is 5.93. The van der Waals surface area contributed by atoms with Crippen molar-refractivity contribution in [2.45, 2.75) is 32.8 Å². The van der Waals surface area contributed by atoms with Crippen LogP contribution in [0.15, 0.2) is 18.2 Å². The van der Waals surface area contributed by atoms with Crippen molar-refractivity contribution in [2.75, 3.05) is 19.5 Å². The van der Waals surface area contributed by atoms with Crippen LogP contribution in [0.3, 0.4) is 0 Å². The van der Waals surface area contributed by atoms with E-state index in [0.717, 1.165) is 27.2 Å². The smallest absolute Gasteiger partial charge is 0.205 e. The van der Waals surface area contributed by atoms with E-state index >= 15 is 0 Å². The second kappa shape index (κ2) is 6.30. The predicted octanol–water partition coefficient (Wildman–Crippen LogP) is 3.46. The minimum atomic E-state index is -0.0267. The van der Waals surface area contributed by atoms with Crippen LogP contribution >= 0.6 is 11.3 Å². The Bertz CT molecular complexity index is 605. The van der Waals surface area contributed by atoms with Crippen LogP contribution in [0.2, 0.25) is 0 Å². The van der Waals surface area contributed by atoms with Gasteiger partial charge in [0.1, 0.15) is 18.1 Å². The largest absolute Gasteiger partial charge is 0.497 e. The zero-order chi connectivity index (χ0) is 15.5. The van der Waals surface area contributed by atoms with E-state index in [4.69, 9.17) is 9.47 Å². The van der Waals surface area contributed by atoms with Crippen LogP contribution in [0.25, 0.3) is 0 Å². The molecule has 0 spiro atoms. The summed E-state index contributed by atoms with van der Waals surface area (Å²) in [6.45, 7) is 6.87. The van der Waals surface area contributed by atoms with E-state index in [1.54, 1.807) is 7.11 Å². The first-order valence-electron chi connectivity index (χ1n) is 6.75. The third kappa shape index (κ3) is 3.85. The highest BCUT2D eigenvalue weighted by Crippen LogP contribution is 2.34. The van der Waals surface area contributed by atoms with Crippen molar-refractivity contribution in [3.05, 3.63) is 28.8 Å². The molecule has 0 atom stereocenters. The van der Waals surface area contributed by atoms with Crippen molar-refractivity contribution in [1.29, 1.82) is 0 Å². The first-order valence-corrected chi connectivity index (χ1v) is 7.57. The Hall–Kier alpha value is -1.82. The minimum absolute atomic E-state index is 0.0267. The lowest BCUT2D eigenvalue weighted by Gasteiger charge is -2.23. The molecule has 0 bridgehead atoms. The lowest BCUT2D eigenvalue weighted by atomic mass is 9.86. The average molecular weight is 307 g/mol. The number of benzene rings is 1. The number of anilines is 1. The van der Waals surface area contributed by atoms with E-state index in [0.29, 0.717) is 6.61 Å². The molecule has 0 radical (unpaired) electrons. The highest BCUT2D eigenvalue weighted by Gasteiger charge is 2.20. The van der Waals surface area contributed by atoms with Gasteiger partial charge in [0.25, 0.3) is 0 Å². The summed E-state index contributed by atoms with van der Waals surface area (Å²) >= 11 is 1.49. The molecule has 0 saturated heterocycles. The zero-order valence-electron chi connectivity index (χ0n) is 13.1. The Balaban J connectivity index is 2.19. The summed E-state index contributed by atoms with van der Waals surface area (Å²) in [6.07, 6.45) is 0. The van der Waals surface area contributed by atoms with Gasteiger partial charge in [-0.1, -0.05) is 32.1 Å². The highest BCUT2D eigenvalue weighted by molar-refractivity contribution is 7.15. The highest BCUT2D eigenvalue weighted by atomic mass is 32.1. The number of ether oxygens (including phenoxy) is 2. The van der Waals surface area contributed by atoms with Crippen molar-refractivity contribution in [3.63, 3.8) is 0 Å². The van der Waals surface area contributed by atoms with Crippen molar-refractivity contribution in [1.82, 2.24) is 10.2 Å². The second-order valence-electron chi connectivity index (χ2n) is 5.65. The Kier molecular flexibility index (Phi) is 4.67. The number of aromatic nitrogens is 2. The normalized spacial score (nSPS) is 11.3. The first-order chi connectivity index (χ1) is 9.94. The first kappa shape index (κ1) is 15.6. The Labute approximate surface area is 129 Å². The monoisotopic (exact) mass is 307 g/mol. The maximum Gasteiger partial charge on any atom is 0.205 e. The summed E-state index contributed by atoms with van der Waals surface area (Å²) in [6, 6.07) is 5.87. The second-order valence-corrected chi connectivity index (χ2v) is 6.71. The summed E-state index contributed by atoms with van der Waals surface area (Å²) < 4.78 is 11.2. The molecule has 1 aromatic carbocycles. The van der Waals surface area contributed by atoms with Gasteiger partial charge in [-0.2, -0.15) is 0 Å². The molecule has 0 fully saturated rings. The van der Waals surface area contributed by atoms with Gasteiger partial charge in [0.05, 0.1) is 7.11 Å². The molecular formula is C15H21N3O2S. The van der Waals surface area contributed by atoms with Gasteiger partial charge in [-0.25, -0.2) is 0 Å². The lowest BCUT2D eigenvalue weighted by Crippen LogP contribution is -2.13. The molecule has 5 nitrogen and oxygen atoms in total. The maximum absolute atomic E-state index is 5.93. The van der Waals surface area contributed by atoms with Crippen LogP contribution in [0, 0.1) is 0 Å². The molecule has 0 amide bonds. The molecular weight excluding hydrogens is 286 g/mol. The molecule has 1 N–H and O–H groups in total. The number of hydrogen-bond acceptors (Lipinski definition) is 6. The quantitative estimate of drug-likeness (QED) is 0.916. The summed E-state index contributed by atoms with van der Waals surface area (Å²) in [5.41, 5.74) is 1.08. The van der Waals surface area contributed by atoms with Gasteiger partial charge in [0.2, 0.25) is 5.13 Å². The molecule has 2 aromatic rings. The summed E-state index contributed by atoms with van der Waals surface area (Å²) in [5.74, 6) is 1.69. The molecule has 0 aliphatic heterocycles. The fraction of sp³-hybridized carbons (Fsp3) is 0.467. The number of hydrogen-bond donors (Lipinski definition) is 1. The summed E-state index contributed by atoms with van der Waals surface area (Å²) in [4.78, 5) is 0. The Morgan fingerprint density at radius 3 is 2.57 bits per heavy atom. The van der Waals surface area contributed by atoms with Gasteiger partial charge >= 0.3 is 0 Å². The number of nitrogens with one attached hydrogen (secondary N) is 1. The molecule has 1 heterocycles.